The van der Waals surface area contributed by atoms with Crippen molar-refractivity contribution in [3.63, 3.8) is 0 Å². The van der Waals surface area contributed by atoms with Crippen LogP contribution < -0.4 is 0 Å². The van der Waals surface area contributed by atoms with E-state index in [1.807, 2.05) is 36.4 Å². The minimum atomic E-state index is -0.0355. The third-order valence-corrected chi connectivity index (χ3v) is 3.76. The Hall–Kier alpha value is -1.38. The predicted octanol–water partition coefficient (Wildman–Crippen LogP) is 5.00. The van der Waals surface area contributed by atoms with Gasteiger partial charge in [0.2, 0.25) is 0 Å². The molecule has 0 spiro atoms. The molecule has 2 aromatic rings. The molecule has 1 nitrogen and oxygen atoms in total. The van der Waals surface area contributed by atoms with Crippen LogP contribution in [0.15, 0.2) is 59.1 Å². The summed E-state index contributed by atoms with van der Waals surface area (Å²) >= 11 is 9.46. The summed E-state index contributed by atoms with van der Waals surface area (Å²) in [6.45, 7) is 0. The Balaban J connectivity index is 2.22. The molecule has 0 bridgehead atoms. The molecule has 0 heterocycles. The fourth-order valence-electron chi connectivity index (χ4n) is 1.51. The molecule has 18 heavy (non-hydrogen) atoms. The lowest BCUT2D eigenvalue weighted by atomic mass is 10.1. The molecule has 0 aliphatic carbocycles. The highest BCUT2D eigenvalue weighted by Gasteiger charge is 2.03. The van der Waals surface area contributed by atoms with Crippen LogP contribution >= 0.6 is 27.5 Å². The van der Waals surface area contributed by atoms with Gasteiger partial charge in [-0.25, -0.2) is 0 Å². The van der Waals surface area contributed by atoms with Crippen LogP contribution in [0.1, 0.15) is 15.9 Å². The van der Waals surface area contributed by atoms with Crippen molar-refractivity contribution in [2.24, 2.45) is 0 Å². The van der Waals surface area contributed by atoms with Gasteiger partial charge in [-0.15, -0.1) is 0 Å². The first-order chi connectivity index (χ1) is 8.68. The van der Waals surface area contributed by atoms with Gasteiger partial charge in [0.15, 0.2) is 5.78 Å². The summed E-state index contributed by atoms with van der Waals surface area (Å²) in [5, 5.41) is 0.606. The van der Waals surface area contributed by atoms with Crippen molar-refractivity contribution in [3.05, 3.63) is 75.2 Å². The molecule has 0 aliphatic heterocycles. The predicted molar refractivity (Wildman–Crippen MR) is 79.0 cm³/mol. The Bertz CT molecular complexity index is 591. The number of hydrogen-bond acceptors (Lipinski definition) is 1. The number of halogens is 2. The van der Waals surface area contributed by atoms with Crippen LogP contribution in [-0.4, -0.2) is 5.78 Å². The fraction of sp³-hybridized carbons (Fsp3) is 0. The molecular formula is C15H10BrClO. The van der Waals surface area contributed by atoms with E-state index < -0.39 is 0 Å². The Morgan fingerprint density at radius 3 is 2.50 bits per heavy atom. The molecule has 90 valence electrons. The first-order valence-electron chi connectivity index (χ1n) is 5.40. The van der Waals surface area contributed by atoms with E-state index in [4.69, 9.17) is 11.6 Å². The number of rotatable bonds is 3. The number of carbonyl (C=O) groups excluding carboxylic acids is 1. The second kappa shape index (κ2) is 5.98. The van der Waals surface area contributed by atoms with E-state index >= 15 is 0 Å². The number of benzene rings is 2. The first-order valence-corrected chi connectivity index (χ1v) is 6.57. The summed E-state index contributed by atoms with van der Waals surface area (Å²) in [6, 6.07) is 14.7. The van der Waals surface area contributed by atoms with E-state index in [9.17, 15) is 4.79 Å². The highest BCUT2D eigenvalue weighted by Crippen LogP contribution is 2.26. The molecule has 0 saturated heterocycles. The van der Waals surface area contributed by atoms with Gasteiger partial charge in [0.05, 0.1) is 5.02 Å². The molecule has 0 aromatic heterocycles. The molecule has 0 radical (unpaired) electrons. The molecule has 0 fully saturated rings. The van der Waals surface area contributed by atoms with Crippen LogP contribution in [0.4, 0.5) is 0 Å². The number of hydrogen-bond donors (Lipinski definition) is 0. The zero-order valence-electron chi connectivity index (χ0n) is 9.44. The maximum absolute atomic E-state index is 11.9. The number of ketones is 1. The smallest absolute Gasteiger partial charge is 0.185 e. The van der Waals surface area contributed by atoms with Gasteiger partial charge < -0.3 is 0 Å². The van der Waals surface area contributed by atoms with Gasteiger partial charge >= 0.3 is 0 Å². The van der Waals surface area contributed by atoms with Crippen LogP contribution in [0.2, 0.25) is 5.02 Å². The largest absolute Gasteiger partial charge is 0.289 e. The summed E-state index contributed by atoms with van der Waals surface area (Å²) < 4.78 is 0.818. The van der Waals surface area contributed by atoms with E-state index in [2.05, 4.69) is 15.9 Å². The second-order valence-corrected chi connectivity index (χ2v) is 4.94. The molecule has 0 unspecified atom stereocenters. The van der Waals surface area contributed by atoms with Gasteiger partial charge in [-0.05, 0) is 39.7 Å². The van der Waals surface area contributed by atoms with E-state index in [1.54, 1.807) is 18.2 Å². The van der Waals surface area contributed by atoms with Crippen molar-refractivity contribution in [1.29, 1.82) is 0 Å². The van der Waals surface area contributed by atoms with Gasteiger partial charge in [0, 0.05) is 10.0 Å². The monoisotopic (exact) mass is 320 g/mol. The molecule has 2 rings (SSSR count). The highest BCUT2D eigenvalue weighted by atomic mass is 79.9. The van der Waals surface area contributed by atoms with Gasteiger partial charge in [-0.3, -0.25) is 4.79 Å². The third-order valence-electron chi connectivity index (χ3n) is 2.45. The molecular weight excluding hydrogens is 312 g/mol. The number of carbonyl (C=O) groups is 1. The number of allylic oxidation sites excluding steroid dienone is 1. The summed E-state index contributed by atoms with van der Waals surface area (Å²) in [7, 11) is 0. The standard InChI is InChI=1S/C15H10BrClO/c16-13-8-4-7-12(15(13)17)9-10-14(18)11-5-2-1-3-6-11/h1-10H. The highest BCUT2D eigenvalue weighted by molar-refractivity contribution is 9.10. The van der Waals surface area contributed by atoms with Crippen LogP contribution in [0, 0.1) is 0 Å². The van der Waals surface area contributed by atoms with Gasteiger partial charge in [0.25, 0.3) is 0 Å². The lowest BCUT2D eigenvalue weighted by Crippen LogP contribution is -1.92. The first kappa shape index (κ1) is 13.1. The molecule has 0 aliphatic rings. The average molecular weight is 322 g/mol. The summed E-state index contributed by atoms with van der Waals surface area (Å²) in [5.41, 5.74) is 1.48. The lowest BCUT2D eigenvalue weighted by Gasteiger charge is -2.00. The quantitative estimate of drug-likeness (QED) is 0.574. The Morgan fingerprint density at radius 1 is 1.06 bits per heavy atom. The molecule has 2 aromatic carbocycles. The van der Waals surface area contributed by atoms with Crippen molar-refractivity contribution >= 4 is 39.4 Å². The minimum absolute atomic E-state index is 0.0355. The van der Waals surface area contributed by atoms with Crippen molar-refractivity contribution in [1.82, 2.24) is 0 Å². The fourth-order valence-corrected chi connectivity index (χ4v) is 2.08. The molecule has 3 heteroatoms. The van der Waals surface area contributed by atoms with E-state index in [-0.39, 0.29) is 5.78 Å². The van der Waals surface area contributed by atoms with Crippen LogP contribution in [-0.2, 0) is 0 Å². The van der Waals surface area contributed by atoms with Crippen molar-refractivity contribution in [3.8, 4) is 0 Å². The van der Waals surface area contributed by atoms with Crippen molar-refractivity contribution in [2.45, 2.75) is 0 Å². The van der Waals surface area contributed by atoms with Crippen LogP contribution in [0.3, 0.4) is 0 Å². The zero-order valence-corrected chi connectivity index (χ0v) is 11.8. The van der Waals surface area contributed by atoms with Crippen molar-refractivity contribution in [2.75, 3.05) is 0 Å². The Kier molecular flexibility index (Phi) is 4.34. The average Bonchev–Trinajstić information content (AvgIpc) is 2.41. The maximum Gasteiger partial charge on any atom is 0.185 e. The molecule has 0 amide bonds. The lowest BCUT2D eigenvalue weighted by molar-refractivity contribution is 0.104. The van der Waals surface area contributed by atoms with Crippen LogP contribution in [0.5, 0.6) is 0 Å². The molecule has 0 saturated carbocycles. The van der Waals surface area contributed by atoms with Gasteiger partial charge in [-0.1, -0.05) is 54.1 Å². The maximum atomic E-state index is 11.9. The Morgan fingerprint density at radius 2 is 1.78 bits per heavy atom. The molecule has 0 atom stereocenters. The van der Waals surface area contributed by atoms with E-state index in [1.165, 1.54) is 6.08 Å². The van der Waals surface area contributed by atoms with Crippen LogP contribution in [0.25, 0.3) is 6.08 Å². The van der Waals surface area contributed by atoms with Gasteiger partial charge in [0.1, 0.15) is 0 Å². The second-order valence-electron chi connectivity index (χ2n) is 3.71. The van der Waals surface area contributed by atoms with Gasteiger partial charge in [-0.2, -0.15) is 0 Å². The summed E-state index contributed by atoms with van der Waals surface area (Å²) in [5.74, 6) is -0.0355. The van der Waals surface area contributed by atoms with E-state index in [0.717, 1.165) is 10.0 Å². The molecule has 0 N–H and O–H groups in total. The zero-order chi connectivity index (χ0) is 13.0. The van der Waals surface area contributed by atoms with Crippen molar-refractivity contribution < 1.29 is 4.79 Å². The SMILES string of the molecule is O=C(C=Cc1cccc(Br)c1Cl)c1ccccc1. The third kappa shape index (κ3) is 3.09. The topological polar surface area (TPSA) is 17.1 Å². The normalized spacial score (nSPS) is 10.8. The minimum Gasteiger partial charge on any atom is -0.289 e. The summed E-state index contributed by atoms with van der Waals surface area (Å²) in [4.78, 5) is 11.9. The summed E-state index contributed by atoms with van der Waals surface area (Å²) in [6.07, 6.45) is 3.26. The van der Waals surface area contributed by atoms with E-state index in [0.29, 0.717) is 10.6 Å². The Labute approximate surface area is 119 Å².